The Kier molecular flexibility index (Phi) is 13.2. The van der Waals surface area contributed by atoms with Crippen LogP contribution in [-0.2, 0) is 12.6 Å². The van der Waals surface area contributed by atoms with E-state index in [1.54, 1.807) is 0 Å². The van der Waals surface area contributed by atoms with E-state index in [4.69, 9.17) is 24.8 Å². The maximum Gasteiger partial charge on any atom is 1.00 e. The molecule has 0 saturated heterocycles. The fourth-order valence-corrected chi connectivity index (χ4v) is 1.05. The largest absolute Gasteiger partial charge is 1.00 e. The first kappa shape index (κ1) is 15.6. The Balaban J connectivity index is 0. The summed E-state index contributed by atoms with van der Waals surface area (Å²) in [6.07, 6.45) is 5.10. The van der Waals surface area contributed by atoms with Crippen molar-refractivity contribution in [2.24, 2.45) is 0 Å². The Morgan fingerprint density at radius 2 is 1.92 bits per heavy atom. The average molecular weight is 213 g/mol. The summed E-state index contributed by atoms with van der Waals surface area (Å²) >= 11 is 9.67. The van der Waals surface area contributed by atoms with Gasteiger partial charge in [0.25, 0.3) is 0 Å². The van der Waals surface area contributed by atoms with Crippen LogP contribution in [0.4, 0.5) is 0 Å². The minimum atomic E-state index is 0. The first-order chi connectivity index (χ1) is 5.18. The van der Waals surface area contributed by atoms with Crippen molar-refractivity contribution in [1.82, 2.24) is 4.90 Å². The van der Waals surface area contributed by atoms with Gasteiger partial charge in [-0.2, -0.15) is 0 Å². The minimum absolute atomic E-state index is 0. The average Bonchev–Trinajstić information content (AvgIpc) is 1.97. The predicted molar refractivity (Wildman–Crippen MR) is 56.7 cm³/mol. The number of nitrogens with zero attached hydrogens (tertiary/aromatic N) is 1. The molecule has 0 radical (unpaired) electrons. The summed E-state index contributed by atoms with van der Waals surface area (Å²) in [6, 6.07) is 0. The SMILES string of the molecule is CCCCCCN(C)C(=S)[S-].[Na+]. The molecule has 0 aromatic rings. The van der Waals surface area contributed by atoms with Crippen LogP contribution >= 0.6 is 12.2 Å². The van der Waals surface area contributed by atoms with Gasteiger partial charge in [-0.3, -0.25) is 0 Å². The molecule has 0 bridgehead atoms. The fraction of sp³-hybridized carbons (Fsp3) is 0.875. The number of hydrogen-bond donors (Lipinski definition) is 0. The molecule has 0 amide bonds. The van der Waals surface area contributed by atoms with Gasteiger partial charge in [0, 0.05) is 13.6 Å². The quantitative estimate of drug-likeness (QED) is 0.258. The third-order valence-electron chi connectivity index (χ3n) is 1.66. The van der Waals surface area contributed by atoms with Gasteiger partial charge >= 0.3 is 29.6 Å². The van der Waals surface area contributed by atoms with Crippen molar-refractivity contribution in [2.75, 3.05) is 13.6 Å². The number of unbranched alkanes of at least 4 members (excludes halogenated alkanes) is 3. The molecule has 0 heterocycles. The van der Waals surface area contributed by atoms with E-state index in [2.05, 4.69) is 6.92 Å². The van der Waals surface area contributed by atoms with Gasteiger partial charge in [0.05, 0.1) is 0 Å². The van der Waals surface area contributed by atoms with Crippen LogP contribution in [0.3, 0.4) is 0 Å². The first-order valence-electron chi connectivity index (χ1n) is 4.10. The predicted octanol–water partition coefficient (Wildman–Crippen LogP) is -0.666. The van der Waals surface area contributed by atoms with Gasteiger partial charge in [-0.15, -0.1) is 0 Å². The molecule has 12 heavy (non-hydrogen) atoms. The zero-order valence-electron chi connectivity index (χ0n) is 8.30. The molecule has 66 valence electrons. The Morgan fingerprint density at radius 1 is 1.33 bits per heavy atom. The molecular formula is C8H16NNaS2. The Bertz CT molecular complexity index is 120. The summed E-state index contributed by atoms with van der Waals surface area (Å²) in [6.45, 7) is 3.23. The molecule has 0 aliphatic carbocycles. The molecule has 4 heteroatoms. The molecule has 0 aromatic heterocycles. The van der Waals surface area contributed by atoms with E-state index < -0.39 is 0 Å². The third-order valence-corrected chi connectivity index (χ3v) is 2.28. The molecule has 0 saturated carbocycles. The van der Waals surface area contributed by atoms with Crippen LogP contribution in [0, 0.1) is 0 Å². The summed E-state index contributed by atoms with van der Waals surface area (Å²) in [4.78, 5) is 1.96. The van der Waals surface area contributed by atoms with Crippen LogP contribution in [0.15, 0.2) is 0 Å². The minimum Gasteiger partial charge on any atom is -0.411 e. The molecule has 0 N–H and O–H groups in total. The van der Waals surface area contributed by atoms with E-state index in [0.717, 1.165) is 6.54 Å². The Labute approximate surface area is 109 Å². The third kappa shape index (κ3) is 9.20. The van der Waals surface area contributed by atoms with E-state index in [0.29, 0.717) is 4.32 Å². The van der Waals surface area contributed by atoms with Crippen LogP contribution in [0.5, 0.6) is 0 Å². The molecule has 0 aliphatic heterocycles. The maximum atomic E-state index is 4.84. The monoisotopic (exact) mass is 213 g/mol. The van der Waals surface area contributed by atoms with E-state index in [9.17, 15) is 0 Å². The first-order valence-corrected chi connectivity index (χ1v) is 4.92. The molecule has 0 unspecified atom stereocenters. The summed E-state index contributed by atoms with van der Waals surface area (Å²) in [5, 5.41) is 0. The topological polar surface area (TPSA) is 3.24 Å². The molecule has 0 fully saturated rings. The van der Waals surface area contributed by atoms with Gasteiger partial charge in [-0.1, -0.05) is 30.5 Å². The molecule has 0 aliphatic rings. The van der Waals surface area contributed by atoms with E-state index in [1.807, 2.05) is 11.9 Å². The maximum absolute atomic E-state index is 4.84. The van der Waals surface area contributed by atoms with Crippen molar-refractivity contribution < 1.29 is 29.6 Å². The van der Waals surface area contributed by atoms with Gasteiger partial charge in [-0.25, -0.2) is 0 Å². The van der Waals surface area contributed by atoms with Gasteiger partial charge in [0.2, 0.25) is 0 Å². The standard InChI is InChI=1S/C8H17NS2.Na/c1-3-4-5-6-7-9(2)8(10)11;/h3-7H2,1-2H3,(H,10,11);/q;+1/p-1. The van der Waals surface area contributed by atoms with Gasteiger partial charge in [0.1, 0.15) is 0 Å². The van der Waals surface area contributed by atoms with Crippen molar-refractivity contribution in [3.8, 4) is 0 Å². The van der Waals surface area contributed by atoms with Crippen LogP contribution in [-0.4, -0.2) is 22.8 Å². The van der Waals surface area contributed by atoms with Crippen molar-refractivity contribution in [2.45, 2.75) is 32.6 Å². The normalized spacial score (nSPS) is 8.83. The summed E-state index contributed by atoms with van der Waals surface area (Å²) in [5.74, 6) is 0. The van der Waals surface area contributed by atoms with Crippen LogP contribution < -0.4 is 29.6 Å². The number of thiocarbonyl (C=S) groups is 1. The second-order valence-electron chi connectivity index (χ2n) is 2.75. The number of rotatable bonds is 5. The van der Waals surface area contributed by atoms with Crippen LogP contribution in [0.1, 0.15) is 32.6 Å². The van der Waals surface area contributed by atoms with E-state index in [-0.39, 0.29) is 29.6 Å². The smallest absolute Gasteiger partial charge is 0.411 e. The van der Waals surface area contributed by atoms with E-state index in [1.165, 1.54) is 25.7 Å². The summed E-state index contributed by atoms with van der Waals surface area (Å²) < 4.78 is 0.585. The summed E-state index contributed by atoms with van der Waals surface area (Å²) in [7, 11) is 1.96. The molecule has 0 spiro atoms. The Morgan fingerprint density at radius 3 is 2.33 bits per heavy atom. The summed E-state index contributed by atoms with van der Waals surface area (Å²) in [5.41, 5.74) is 0. The van der Waals surface area contributed by atoms with Crippen molar-refractivity contribution in [3.05, 3.63) is 0 Å². The van der Waals surface area contributed by atoms with Gasteiger partial charge in [0.15, 0.2) is 0 Å². The van der Waals surface area contributed by atoms with Gasteiger partial charge in [-0.05, 0) is 6.42 Å². The Hall–Kier alpha value is 1.11. The second-order valence-corrected chi connectivity index (χ2v) is 3.78. The molecule has 0 atom stereocenters. The second kappa shape index (κ2) is 10.2. The number of hydrogen-bond acceptors (Lipinski definition) is 2. The molecule has 1 nitrogen and oxygen atoms in total. The van der Waals surface area contributed by atoms with Crippen molar-refractivity contribution in [1.29, 1.82) is 0 Å². The van der Waals surface area contributed by atoms with Crippen molar-refractivity contribution >= 4 is 29.2 Å². The molecule has 0 rings (SSSR count). The molecular weight excluding hydrogens is 197 g/mol. The molecule has 0 aromatic carbocycles. The van der Waals surface area contributed by atoms with E-state index >= 15 is 0 Å². The fourth-order valence-electron chi connectivity index (χ4n) is 0.867. The van der Waals surface area contributed by atoms with Crippen LogP contribution in [0.25, 0.3) is 0 Å². The van der Waals surface area contributed by atoms with Gasteiger partial charge < -0.3 is 29.7 Å². The van der Waals surface area contributed by atoms with Crippen LogP contribution in [0.2, 0.25) is 0 Å². The zero-order chi connectivity index (χ0) is 8.69. The van der Waals surface area contributed by atoms with Crippen molar-refractivity contribution in [3.63, 3.8) is 0 Å². The zero-order valence-corrected chi connectivity index (χ0v) is 11.9.